The molecule has 1 rings (SSSR count). The minimum atomic E-state index is -0.903. The number of nitriles is 1. The van der Waals surface area contributed by atoms with Gasteiger partial charge in [0.25, 0.3) is 0 Å². The van der Waals surface area contributed by atoms with Crippen molar-refractivity contribution in [2.75, 3.05) is 0 Å². The summed E-state index contributed by atoms with van der Waals surface area (Å²) in [7, 11) is 0. The monoisotopic (exact) mass is 178 g/mol. The van der Waals surface area contributed by atoms with Crippen molar-refractivity contribution < 1.29 is 4.39 Å². The summed E-state index contributed by atoms with van der Waals surface area (Å²) < 4.78 is 13.2. The van der Waals surface area contributed by atoms with Gasteiger partial charge in [-0.3, -0.25) is 0 Å². The van der Waals surface area contributed by atoms with Gasteiger partial charge < -0.3 is 5.73 Å². The van der Waals surface area contributed by atoms with Crippen molar-refractivity contribution >= 4 is 0 Å². The van der Waals surface area contributed by atoms with Crippen LogP contribution in [0, 0.1) is 17.1 Å². The third-order valence-corrected chi connectivity index (χ3v) is 1.94. The van der Waals surface area contributed by atoms with E-state index in [1.54, 1.807) is 25.1 Å². The molecule has 13 heavy (non-hydrogen) atoms. The Morgan fingerprint density at radius 2 is 2.15 bits per heavy atom. The Morgan fingerprint density at radius 1 is 1.54 bits per heavy atom. The summed E-state index contributed by atoms with van der Waals surface area (Å²) in [5.74, 6) is -0.359. The zero-order valence-corrected chi connectivity index (χ0v) is 7.42. The lowest BCUT2D eigenvalue weighted by molar-refractivity contribution is 0.469. The molecular formula is C10H11FN2. The van der Waals surface area contributed by atoms with Gasteiger partial charge in [0.05, 0.1) is 18.0 Å². The van der Waals surface area contributed by atoms with Crippen LogP contribution < -0.4 is 5.73 Å². The van der Waals surface area contributed by atoms with E-state index in [9.17, 15) is 4.39 Å². The largest absolute Gasteiger partial charge is 0.321 e. The Balaban J connectivity index is 3.08. The number of nitrogens with zero attached hydrogens (tertiary/aromatic N) is 1. The van der Waals surface area contributed by atoms with Gasteiger partial charge in [-0.2, -0.15) is 5.26 Å². The summed E-state index contributed by atoms with van der Waals surface area (Å²) >= 11 is 0. The number of halogens is 1. The minimum absolute atomic E-state index is 0.105. The van der Waals surface area contributed by atoms with E-state index in [0.29, 0.717) is 5.56 Å². The normalized spacial score (nSPS) is 14.6. The highest BCUT2D eigenvalue weighted by molar-refractivity contribution is 5.25. The van der Waals surface area contributed by atoms with Crippen LogP contribution in [-0.4, -0.2) is 0 Å². The van der Waals surface area contributed by atoms with Gasteiger partial charge in [-0.25, -0.2) is 4.39 Å². The molecule has 0 bridgehead atoms. The molecule has 3 heteroatoms. The average Bonchev–Trinajstić information content (AvgIpc) is 2.04. The second-order valence-corrected chi connectivity index (χ2v) is 3.23. The van der Waals surface area contributed by atoms with E-state index >= 15 is 0 Å². The van der Waals surface area contributed by atoms with Crippen LogP contribution in [0.1, 0.15) is 18.9 Å². The molecule has 0 heterocycles. The van der Waals surface area contributed by atoms with Gasteiger partial charge in [-0.05, 0) is 13.0 Å². The number of nitrogens with two attached hydrogens (primary N) is 1. The Morgan fingerprint density at radius 3 is 2.69 bits per heavy atom. The number of benzene rings is 1. The summed E-state index contributed by atoms with van der Waals surface area (Å²) in [5.41, 5.74) is 5.27. The Labute approximate surface area is 76.8 Å². The third kappa shape index (κ3) is 2.04. The van der Waals surface area contributed by atoms with Crippen molar-refractivity contribution in [3.63, 3.8) is 0 Å². The summed E-state index contributed by atoms with van der Waals surface area (Å²) in [6.45, 7) is 1.65. The molecule has 0 saturated carbocycles. The van der Waals surface area contributed by atoms with Crippen LogP contribution in [0.3, 0.4) is 0 Å². The second-order valence-electron chi connectivity index (χ2n) is 3.23. The van der Waals surface area contributed by atoms with Crippen molar-refractivity contribution in [3.05, 3.63) is 35.6 Å². The van der Waals surface area contributed by atoms with Gasteiger partial charge in [0.15, 0.2) is 0 Å². The fourth-order valence-electron chi connectivity index (χ4n) is 1.18. The maximum atomic E-state index is 13.2. The summed E-state index contributed by atoms with van der Waals surface area (Å²) in [6.07, 6.45) is 0.105. The van der Waals surface area contributed by atoms with Gasteiger partial charge in [-0.1, -0.05) is 18.2 Å². The number of hydrogen-bond donors (Lipinski definition) is 1. The third-order valence-electron chi connectivity index (χ3n) is 1.94. The predicted molar refractivity (Wildman–Crippen MR) is 48.2 cm³/mol. The highest BCUT2D eigenvalue weighted by atomic mass is 19.1. The first-order chi connectivity index (χ1) is 6.08. The van der Waals surface area contributed by atoms with Gasteiger partial charge >= 0.3 is 0 Å². The first-order valence-corrected chi connectivity index (χ1v) is 3.99. The van der Waals surface area contributed by atoms with E-state index in [1.165, 1.54) is 6.07 Å². The standard InChI is InChI=1S/C10H11FN2/c1-10(13,6-7-12)8-4-2-3-5-9(8)11/h2-5H,6,13H2,1H3/t10-/m1/s1. The molecule has 2 N–H and O–H groups in total. The molecule has 1 atom stereocenters. The molecule has 2 nitrogen and oxygen atoms in total. The quantitative estimate of drug-likeness (QED) is 0.752. The summed E-state index contributed by atoms with van der Waals surface area (Å²) in [5, 5.41) is 8.50. The molecule has 0 aliphatic rings. The summed E-state index contributed by atoms with van der Waals surface area (Å²) in [4.78, 5) is 0. The zero-order valence-electron chi connectivity index (χ0n) is 7.42. The molecule has 0 radical (unpaired) electrons. The van der Waals surface area contributed by atoms with Gasteiger partial charge in [0.2, 0.25) is 0 Å². The highest BCUT2D eigenvalue weighted by Crippen LogP contribution is 2.23. The van der Waals surface area contributed by atoms with E-state index in [2.05, 4.69) is 0 Å². The van der Waals surface area contributed by atoms with Gasteiger partial charge in [0.1, 0.15) is 5.82 Å². The number of hydrogen-bond acceptors (Lipinski definition) is 2. The molecule has 0 aliphatic carbocycles. The molecule has 0 fully saturated rings. The predicted octanol–water partition coefficient (Wildman–Crippen LogP) is 1.91. The Kier molecular flexibility index (Phi) is 2.64. The second kappa shape index (κ2) is 3.55. The van der Waals surface area contributed by atoms with Crippen LogP contribution >= 0.6 is 0 Å². The first-order valence-electron chi connectivity index (χ1n) is 3.99. The van der Waals surface area contributed by atoms with Crippen LogP contribution in [-0.2, 0) is 5.54 Å². The van der Waals surface area contributed by atoms with Crippen LogP contribution in [0.2, 0.25) is 0 Å². The van der Waals surface area contributed by atoms with Crippen molar-refractivity contribution in [2.45, 2.75) is 18.9 Å². The van der Waals surface area contributed by atoms with E-state index in [4.69, 9.17) is 11.0 Å². The molecule has 68 valence electrons. The number of rotatable bonds is 2. The molecule has 0 aliphatic heterocycles. The average molecular weight is 178 g/mol. The molecule has 1 aromatic carbocycles. The fraction of sp³-hybridized carbons (Fsp3) is 0.300. The molecule has 0 amide bonds. The maximum Gasteiger partial charge on any atom is 0.128 e. The molecule has 0 aromatic heterocycles. The van der Waals surface area contributed by atoms with Crippen molar-refractivity contribution in [3.8, 4) is 6.07 Å². The van der Waals surface area contributed by atoms with E-state index < -0.39 is 5.54 Å². The highest BCUT2D eigenvalue weighted by Gasteiger charge is 2.23. The van der Waals surface area contributed by atoms with Crippen LogP contribution in [0.4, 0.5) is 4.39 Å². The Hall–Kier alpha value is -1.40. The van der Waals surface area contributed by atoms with E-state index in [1.807, 2.05) is 6.07 Å². The van der Waals surface area contributed by atoms with E-state index in [-0.39, 0.29) is 12.2 Å². The zero-order chi connectivity index (χ0) is 9.90. The smallest absolute Gasteiger partial charge is 0.128 e. The lowest BCUT2D eigenvalue weighted by Crippen LogP contribution is -2.33. The molecule has 0 unspecified atom stereocenters. The topological polar surface area (TPSA) is 49.8 Å². The first kappa shape index (κ1) is 9.69. The van der Waals surface area contributed by atoms with E-state index in [0.717, 1.165) is 0 Å². The lowest BCUT2D eigenvalue weighted by atomic mass is 9.90. The van der Waals surface area contributed by atoms with Gasteiger partial charge in [-0.15, -0.1) is 0 Å². The van der Waals surface area contributed by atoms with Crippen molar-refractivity contribution in [1.29, 1.82) is 5.26 Å². The van der Waals surface area contributed by atoms with Gasteiger partial charge in [0, 0.05) is 5.56 Å². The molecule has 0 saturated heterocycles. The maximum absolute atomic E-state index is 13.2. The van der Waals surface area contributed by atoms with Crippen LogP contribution in [0.15, 0.2) is 24.3 Å². The van der Waals surface area contributed by atoms with Crippen LogP contribution in [0.5, 0.6) is 0 Å². The minimum Gasteiger partial charge on any atom is -0.321 e. The molecule has 0 spiro atoms. The van der Waals surface area contributed by atoms with Crippen molar-refractivity contribution in [2.24, 2.45) is 5.73 Å². The van der Waals surface area contributed by atoms with Crippen molar-refractivity contribution in [1.82, 2.24) is 0 Å². The van der Waals surface area contributed by atoms with Crippen LogP contribution in [0.25, 0.3) is 0 Å². The Bertz CT molecular complexity index is 339. The lowest BCUT2D eigenvalue weighted by Gasteiger charge is -2.22. The summed E-state index contributed by atoms with van der Waals surface area (Å²) in [6, 6.07) is 8.20. The SMILES string of the molecule is C[C@@](N)(CC#N)c1ccccc1F. The molecule has 1 aromatic rings. The molecular weight excluding hydrogens is 167 g/mol. The fourth-order valence-corrected chi connectivity index (χ4v) is 1.18.